The van der Waals surface area contributed by atoms with E-state index in [-0.39, 0.29) is 5.91 Å². The van der Waals surface area contributed by atoms with Crippen molar-refractivity contribution in [3.63, 3.8) is 0 Å². The van der Waals surface area contributed by atoms with Crippen LogP contribution in [0.4, 0.5) is 0 Å². The van der Waals surface area contributed by atoms with E-state index in [0.717, 1.165) is 63.0 Å². The Kier molecular flexibility index (Phi) is 8.98. The highest BCUT2D eigenvalue weighted by Gasteiger charge is 2.38. The smallest absolute Gasteiger partial charge is 0.249 e. The van der Waals surface area contributed by atoms with E-state index in [9.17, 15) is 4.79 Å². The number of para-hydroxylation sites is 1. The Labute approximate surface area is 199 Å². The summed E-state index contributed by atoms with van der Waals surface area (Å²) in [5, 5.41) is 10.1. The van der Waals surface area contributed by atoms with E-state index in [1.807, 2.05) is 11.8 Å². The van der Waals surface area contributed by atoms with Gasteiger partial charge in [0.15, 0.2) is 0 Å². The van der Waals surface area contributed by atoms with Gasteiger partial charge in [-0.2, -0.15) is 0 Å². The lowest BCUT2D eigenvalue weighted by Gasteiger charge is -2.47. The summed E-state index contributed by atoms with van der Waals surface area (Å²) in [4.78, 5) is 17.3. The number of hydrogen-bond donors (Lipinski definition) is 1. The van der Waals surface area contributed by atoms with Crippen LogP contribution >= 0.6 is 0 Å². The van der Waals surface area contributed by atoms with Crippen molar-refractivity contribution in [1.29, 1.82) is 0 Å². The normalized spacial score (nSPS) is 19.5. The minimum atomic E-state index is 0.102. The van der Waals surface area contributed by atoms with Crippen molar-refractivity contribution in [3.8, 4) is 5.75 Å². The number of ether oxygens (including phenoxy) is 1. The highest BCUT2D eigenvalue weighted by molar-refractivity contribution is 5.93. The lowest BCUT2D eigenvalue weighted by atomic mass is 9.71. The fourth-order valence-corrected chi connectivity index (χ4v) is 4.77. The Morgan fingerprint density at radius 3 is 2.42 bits per heavy atom. The Balaban J connectivity index is 1.49. The van der Waals surface area contributed by atoms with Crippen LogP contribution in [0, 0.1) is 11.3 Å². The summed E-state index contributed by atoms with van der Waals surface area (Å²) < 4.78 is 6.05. The van der Waals surface area contributed by atoms with Crippen molar-refractivity contribution >= 4 is 5.91 Å². The second kappa shape index (κ2) is 11.7. The lowest BCUT2D eigenvalue weighted by Crippen LogP contribution is -2.48. The van der Waals surface area contributed by atoms with Crippen molar-refractivity contribution in [2.45, 2.75) is 53.0 Å². The molecule has 0 atom stereocenters. The van der Waals surface area contributed by atoms with Crippen molar-refractivity contribution in [1.82, 2.24) is 14.9 Å². The number of hydrogen-bond acceptors (Lipinski definition) is 5. The molecule has 1 spiro atoms. The Morgan fingerprint density at radius 2 is 1.79 bits per heavy atom. The third kappa shape index (κ3) is 7.34. The molecule has 33 heavy (non-hydrogen) atoms. The number of carbonyl (C=O) groups excluding carboxylic acids is 1. The quantitative estimate of drug-likeness (QED) is 0.350. The second-order valence-electron chi connectivity index (χ2n) is 10.1. The number of allylic oxidation sites excluding steroid dienone is 2. The predicted molar refractivity (Wildman–Crippen MR) is 132 cm³/mol. The maximum atomic E-state index is 12.8. The highest BCUT2D eigenvalue weighted by Crippen LogP contribution is 2.42. The lowest BCUT2D eigenvalue weighted by molar-refractivity contribution is -0.130. The zero-order valence-corrected chi connectivity index (χ0v) is 20.8. The molecule has 1 aromatic rings. The van der Waals surface area contributed by atoms with Crippen LogP contribution < -0.4 is 4.74 Å². The van der Waals surface area contributed by atoms with E-state index in [4.69, 9.17) is 9.94 Å². The summed E-state index contributed by atoms with van der Waals surface area (Å²) in [6, 6.07) is 8.43. The van der Waals surface area contributed by atoms with Gasteiger partial charge in [0, 0.05) is 44.0 Å². The summed E-state index contributed by atoms with van der Waals surface area (Å²) in [6.45, 7) is 11.8. The average molecular weight is 456 g/mol. The fourth-order valence-electron chi connectivity index (χ4n) is 4.77. The van der Waals surface area contributed by atoms with Crippen molar-refractivity contribution in [2.75, 3.05) is 39.8 Å². The highest BCUT2D eigenvalue weighted by atomic mass is 16.5. The zero-order chi connectivity index (χ0) is 23.8. The van der Waals surface area contributed by atoms with Gasteiger partial charge in [-0.15, -0.1) is 0 Å². The van der Waals surface area contributed by atoms with Crippen LogP contribution in [-0.4, -0.2) is 65.8 Å². The Hall–Kier alpha value is -2.31. The molecule has 0 saturated carbocycles. The molecule has 2 heterocycles. The van der Waals surface area contributed by atoms with Gasteiger partial charge < -0.3 is 9.64 Å². The van der Waals surface area contributed by atoms with Gasteiger partial charge in [0.1, 0.15) is 5.75 Å². The first-order valence-corrected chi connectivity index (χ1v) is 12.3. The molecule has 0 radical (unpaired) electrons. The van der Waals surface area contributed by atoms with Crippen LogP contribution in [-0.2, 0) is 11.3 Å². The number of carbonyl (C=O) groups is 1. The molecule has 2 aliphatic heterocycles. The molecule has 6 nitrogen and oxygen atoms in total. The van der Waals surface area contributed by atoms with E-state index < -0.39 is 0 Å². The largest absolute Gasteiger partial charge is 0.493 e. The molecule has 3 rings (SSSR count). The zero-order valence-electron chi connectivity index (χ0n) is 20.8. The van der Waals surface area contributed by atoms with Crippen LogP contribution in [0.15, 0.2) is 48.2 Å². The Bertz CT molecular complexity index is 829. The number of benzene rings is 1. The third-order valence-electron chi connectivity index (χ3n) is 6.95. The van der Waals surface area contributed by atoms with Gasteiger partial charge in [0.2, 0.25) is 5.91 Å². The predicted octanol–water partition coefficient (Wildman–Crippen LogP) is 4.71. The summed E-state index contributed by atoms with van der Waals surface area (Å²) in [5.74, 6) is 1.64. The molecule has 2 fully saturated rings. The van der Waals surface area contributed by atoms with Gasteiger partial charge in [-0.1, -0.05) is 38.1 Å². The first kappa shape index (κ1) is 25.3. The average Bonchev–Trinajstić information content (AvgIpc) is 2.80. The SMILES string of the molecule is C/C(=C\C=C/N(C)O)C(=O)N1CCC2(CCN(Cc3ccccc3OCC(C)C)CC2)CC1. The third-order valence-corrected chi connectivity index (χ3v) is 6.95. The molecule has 0 aliphatic carbocycles. The molecule has 0 bridgehead atoms. The summed E-state index contributed by atoms with van der Waals surface area (Å²) in [7, 11) is 1.54. The number of hydroxylamine groups is 2. The molecule has 0 aromatic heterocycles. The number of nitrogens with zero attached hydrogens (tertiary/aromatic N) is 3. The van der Waals surface area contributed by atoms with Crippen LogP contribution in [0.5, 0.6) is 5.75 Å². The fraction of sp³-hybridized carbons (Fsp3) is 0.593. The van der Waals surface area contributed by atoms with Gasteiger partial charge in [-0.3, -0.25) is 20.0 Å². The standard InChI is InChI=1S/C27H41N3O3/c1-22(2)21-33-25-10-6-5-9-24(25)20-29-16-11-27(12-17-29)13-18-30(19-14-27)26(31)23(3)8-7-15-28(4)32/h5-10,15,22,32H,11-14,16-21H2,1-4H3/b15-7-,23-8+. The monoisotopic (exact) mass is 455 g/mol. The minimum absolute atomic E-state index is 0.102. The van der Waals surface area contributed by atoms with Gasteiger partial charge in [0.05, 0.1) is 6.61 Å². The number of likely N-dealkylation sites (tertiary alicyclic amines) is 2. The van der Waals surface area contributed by atoms with Gasteiger partial charge in [-0.05, 0) is 69.2 Å². The number of rotatable bonds is 8. The van der Waals surface area contributed by atoms with Crippen molar-refractivity contribution in [2.24, 2.45) is 11.3 Å². The maximum absolute atomic E-state index is 12.8. The summed E-state index contributed by atoms with van der Waals surface area (Å²) >= 11 is 0. The second-order valence-corrected chi connectivity index (χ2v) is 10.1. The molecule has 2 aliphatic rings. The molecule has 0 unspecified atom stereocenters. The molecule has 1 aromatic carbocycles. The van der Waals surface area contributed by atoms with Gasteiger partial charge in [0.25, 0.3) is 0 Å². The van der Waals surface area contributed by atoms with E-state index >= 15 is 0 Å². The van der Waals surface area contributed by atoms with E-state index in [1.54, 1.807) is 12.2 Å². The first-order valence-electron chi connectivity index (χ1n) is 12.3. The number of amides is 1. The number of piperidine rings is 2. The van der Waals surface area contributed by atoms with E-state index in [0.29, 0.717) is 16.9 Å². The van der Waals surface area contributed by atoms with Crippen LogP contribution in [0.3, 0.4) is 0 Å². The summed E-state index contributed by atoms with van der Waals surface area (Å²) in [6.07, 6.45) is 9.55. The molecule has 1 amide bonds. The van der Waals surface area contributed by atoms with Crippen LogP contribution in [0.25, 0.3) is 0 Å². The Morgan fingerprint density at radius 1 is 1.15 bits per heavy atom. The molecular formula is C27H41N3O3. The molecule has 182 valence electrons. The molecule has 1 N–H and O–H groups in total. The van der Waals surface area contributed by atoms with E-state index in [2.05, 4.69) is 43.0 Å². The maximum Gasteiger partial charge on any atom is 0.249 e. The van der Waals surface area contributed by atoms with Crippen molar-refractivity contribution in [3.05, 3.63) is 53.8 Å². The van der Waals surface area contributed by atoms with Crippen LogP contribution in [0.2, 0.25) is 0 Å². The molecular weight excluding hydrogens is 414 g/mol. The molecule has 2 saturated heterocycles. The minimum Gasteiger partial charge on any atom is -0.493 e. The summed E-state index contributed by atoms with van der Waals surface area (Å²) in [5.41, 5.74) is 2.35. The van der Waals surface area contributed by atoms with Crippen molar-refractivity contribution < 1.29 is 14.7 Å². The van der Waals surface area contributed by atoms with Gasteiger partial charge in [-0.25, -0.2) is 0 Å². The topological polar surface area (TPSA) is 56.2 Å². The molecule has 6 heteroatoms. The first-order chi connectivity index (χ1) is 15.8. The van der Waals surface area contributed by atoms with E-state index in [1.165, 1.54) is 31.7 Å². The van der Waals surface area contributed by atoms with Gasteiger partial charge >= 0.3 is 0 Å². The van der Waals surface area contributed by atoms with Crippen LogP contribution in [0.1, 0.15) is 52.0 Å².